The summed E-state index contributed by atoms with van der Waals surface area (Å²) in [4.78, 5) is 21.8. The van der Waals surface area contributed by atoms with Crippen molar-refractivity contribution in [3.05, 3.63) is 65.5 Å². The molecule has 1 amide bonds. The highest BCUT2D eigenvalue weighted by molar-refractivity contribution is 5.94. The van der Waals surface area contributed by atoms with E-state index in [1.165, 1.54) is 6.07 Å². The van der Waals surface area contributed by atoms with Gasteiger partial charge in [-0.2, -0.15) is 0 Å². The lowest BCUT2D eigenvalue weighted by atomic mass is 9.90. The zero-order valence-corrected chi connectivity index (χ0v) is 13.5. The van der Waals surface area contributed by atoms with Crippen molar-refractivity contribution in [1.82, 2.24) is 14.9 Å². The van der Waals surface area contributed by atoms with E-state index >= 15 is 0 Å². The number of benzene rings is 1. The van der Waals surface area contributed by atoms with E-state index in [0.29, 0.717) is 19.0 Å². The number of rotatable bonds is 2. The Labute approximate surface area is 143 Å². The minimum Gasteiger partial charge on any atom is -0.360 e. The molecule has 0 saturated carbocycles. The molecule has 0 spiro atoms. The van der Waals surface area contributed by atoms with Crippen LogP contribution in [-0.4, -0.2) is 33.9 Å². The zero-order chi connectivity index (χ0) is 17.4. The van der Waals surface area contributed by atoms with Crippen molar-refractivity contribution in [2.45, 2.75) is 18.8 Å². The van der Waals surface area contributed by atoms with Crippen LogP contribution in [0.25, 0.3) is 11.0 Å². The summed E-state index contributed by atoms with van der Waals surface area (Å²) in [7, 11) is 0. The van der Waals surface area contributed by atoms with Crippen LogP contribution in [0.3, 0.4) is 0 Å². The number of nitrogens with zero attached hydrogens (tertiary/aromatic N) is 2. The van der Waals surface area contributed by atoms with Crippen molar-refractivity contribution < 1.29 is 13.6 Å². The maximum atomic E-state index is 13.8. The number of halogens is 2. The fourth-order valence-electron chi connectivity index (χ4n) is 3.51. The van der Waals surface area contributed by atoms with Crippen molar-refractivity contribution >= 4 is 16.9 Å². The van der Waals surface area contributed by atoms with Crippen molar-refractivity contribution in [3.63, 3.8) is 0 Å². The number of hydrogen-bond donors (Lipinski definition) is 1. The molecule has 4 rings (SSSR count). The van der Waals surface area contributed by atoms with Crippen LogP contribution in [0.15, 0.2) is 42.7 Å². The molecule has 1 aromatic carbocycles. The van der Waals surface area contributed by atoms with E-state index in [-0.39, 0.29) is 11.5 Å². The maximum Gasteiger partial charge on any atom is 0.256 e. The van der Waals surface area contributed by atoms with Crippen LogP contribution in [-0.2, 0) is 0 Å². The Bertz CT molecular complexity index is 929. The van der Waals surface area contributed by atoms with Crippen LogP contribution < -0.4 is 0 Å². The van der Waals surface area contributed by atoms with E-state index in [0.717, 1.165) is 41.6 Å². The average molecular weight is 341 g/mol. The normalized spacial score (nSPS) is 15.7. The van der Waals surface area contributed by atoms with Gasteiger partial charge in [-0.05, 0) is 48.6 Å². The molecule has 1 saturated heterocycles. The van der Waals surface area contributed by atoms with Crippen LogP contribution >= 0.6 is 0 Å². The summed E-state index contributed by atoms with van der Waals surface area (Å²) >= 11 is 0. The van der Waals surface area contributed by atoms with Gasteiger partial charge >= 0.3 is 0 Å². The van der Waals surface area contributed by atoms with E-state index in [1.54, 1.807) is 11.1 Å². The van der Waals surface area contributed by atoms with E-state index < -0.39 is 11.6 Å². The molecule has 0 radical (unpaired) electrons. The van der Waals surface area contributed by atoms with Gasteiger partial charge in [-0.25, -0.2) is 8.78 Å². The standard InChI is InChI=1S/C19H17F2N3O/c20-13-3-4-14(16(21)10-13)19(25)24-8-5-12(6-9-24)15-11-23-17-2-1-7-22-18(15)17/h1-4,7,10-12,23H,5-6,8-9H2. The second kappa shape index (κ2) is 6.27. The van der Waals surface area contributed by atoms with Crippen molar-refractivity contribution in [3.8, 4) is 0 Å². The van der Waals surface area contributed by atoms with Gasteiger partial charge in [-0.3, -0.25) is 9.78 Å². The molecule has 3 heterocycles. The van der Waals surface area contributed by atoms with Crippen molar-refractivity contribution in [2.75, 3.05) is 13.1 Å². The summed E-state index contributed by atoms with van der Waals surface area (Å²) in [6.07, 6.45) is 5.34. The fraction of sp³-hybridized carbons (Fsp3) is 0.263. The quantitative estimate of drug-likeness (QED) is 0.769. The second-order valence-electron chi connectivity index (χ2n) is 6.33. The molecule has 128 valence electrons. The Morgan fingerprint density at radius 2 is 2.00 bits per heavy atom. The maximum absolute atomic E-state index is 13.8. The molecule has 1 N–H and O–H groups in total. The summed E-state index contributed by atoms with van der Waals surface area (Å²) in [6, 6.07) is 6.95. The van der Waals surface area contributed by atoms with Gasteiger partial charge in [0, 0.05) is 31.5 Å². The number of fused-ring (bicyclic) bond motifs is 1. The van der Waals surface area contributed by atoms with Crippen molar-refractivity contribution in [1.29, 1.82) is 0 Å². The van der Waals surface area contributed by atoms with E-state index in [4.69, 9.17) is 0 Å². The summed E-state index contributed by atoms with van der Waals surface area (Å²) in [5, 5.41) is 0. The second-order valence-corrected chi connectivity index (χ2v) is 6.33. The van der Waals surface area contributed by atoms with Crippen molar-refractivity contribution in [2.24, 2.45) is 0 Å². The first-order chi connectivity index (χ1) is 12.1. The van der Waals surface area contributed by atoms with Crippen LogP contribution in [0.5, 0.6) is 0 Å². The predicted octanol–water partition coefficient (Wildman–Crippen LogP) is 3.86. The average Bonchev–Trinajstić information content (AvgIpc) is 3.05. The topological polar surface area (TPSA) is 49.0 Å². The minimum atomic E-state index is -0.812. The Balaban J connectivity index is 1.49. The van der Waals surface area contributed by atoms with Crippen LogP contribution in [0.1, 0.15) is 34.7 Å². The first kappa shape index (κ1) is 15.7. The summed E-state index contributed by atoms with van der Waals surface area (Å²) in [5.74, 6) is -1.56. The molecule has 0 bridgehead atoms. The number of H-pyrrole nitrogens is 1. The van der Waals surface area contributed by atoms with Gasteiger partial charge in [-0.15, -0.1) is 0 Å². The Hall–Kier alpha value is -2.76. The highest BCUT2D eigenvalue weighted by Gasteiger charge is 2.27. The van der Waals surface area contributed by atoms with Gasteiger partial charge in [-0.1, -0.05) is 0 Å². The van der Waals surface area contributed by atoms with Crippen LogP contribution in [0.2, 0.25) is 0 Å². The molecule has 0 unspecified atom stereocenters. The number of likely N-dealkylation sites (tertiary alicyclic amines) is 1. The minimum absolute atomic E-state index is 0.0754. The largest absolute Gasteiger partial charge is 0.360 e. The summed E-state index contributed by atoms with van der Waals surface area (Å²) < 4.78 is 26.8. The lowest BCUT2D eigenvalue weighted by Gasteiger charge is -2.32. The molecule has 1 aliphatic rings. The smallest absolute Gasteiger partial charge is 0.256 e. The third kappa shape index (κ3) is 2.88. The predicted molar refractivity (Wildman–Crippen MR) is 90.3 cm³/mol. The van der Waals surface area contributed by atoms with E-state index in [2.05, 4.69) is 9.97 Å². The van der Waals surface area contributed by atoms with Gasteiger partial charge < -0.3 is 9.88 Å². The van der Waals surface area contributed by atoms with Gasteiger partial charge in [0.25, 0.3) is 5.91 Å². The molecule has 1 fully saturated rings. The number of carbonyl (C=O) groups excluding carboxylic acids is 1. The summed E-state index contributed by atoms with van der Waals surface area (Å²) in [5.41, 5.74) is 3.06. The molecule has 4 nitrogen and oxygen atoms in total. The lowest BCUT2D eigenvalue weighted by molar-refractivity contribution is 0.0708. The molecule has 1 aliphatic heterocycles. The number of hydrogen-bond acceptors (Lipinski definition) is 2. The monoisotopic (exact) mass is 341 g/mol. The first-order valence-electron chi connectivity index (χ1n) is 8.30. The molecule has 3 aromatic rings. The highest BCUT2D eigenvalue weighted by Crippen LogP contribution is 2.32. The van der Waals surface area contributed by atoms with Crippen LogP contribution in [0.4, 0.5) is 8.78 Å². The van der Waals surface area contributed by atoms with Gasteiger partial charge in [0.1, 0.15) is 11.6 Å². The Kier molecular flexibility index (Phi) is 3.95. The SMILES string of the molecule is O=C(c1ccc(F)cc1F)N1CCC(c2c[nH]c3cccnc23)CC1. The highest BCUT2D eigenvalue weighted by atomic mass is 19.1. The Morgan fingerprint density at radius 1 is 1.20 bits per heavy atom. The number of piperidine rings is 1. The lowest BCUT2D eigenvalue weighted by Crippen LogP contribution is -2.38. The molecular formula is C19H17F2N3O. The van der Waals surface area contributed by atoms with E-state index in [9.17, 15) is 13.6 Å². The fourth-order valence-corrected chi connectivity index (χ4v) is 3.51. The van der Waals surface area contributed by atoms with E-state index in [1.807, 2.05) is 18.3 Å². The third-order valence-corrected chi connectivity index (χ3v) is 4.85. The summed E-state index contributed by atoms with van der Waals surface area (Å²) in [6.45, 7) is 1.08. The number of aromatic nitrogens is 2. The molecule has 2 aromatic heterocycles. The number of aromatic amines is 1. The number of amides is 1. The molecule has 6 heteroatoms. The molecule has 0 atom stereocenters. The van der Waals surface area contributed by atoms with Crippen LogP contribution in [0, 0.1) is 11.6 Å². The third-order valence-electron chi connectivity index (χ3n) is 4.85. The number of nitrogens with one attached hydrogen (secondary N) is 1. The van der Waals surface area contributed by atoms with Gasteiger partial charge in [0.05, 0.1) is 16.6 Å². The van der Waals surface area contributed by atoms with Gasteiger partial charge in [0.15, 0.2) is 0 Å². The number of pyridine rings is 1. The molecule has 0 aliphatic carbocycles. The van der Waals surface area contributed by atoms with Gasteiger partial charge in [0.2, 0.25) is 0 Å². The molecule has 25 heavy (non-hydrogen) atoms. The zero-order valence-electron chi connectivity index (χ0n) is 13.5. The Morgan fingerprint density at radius 3 is 2.76 bits per heavy atom. The molecular weight excluding hydrogens is 324 g/mol. The first-order valence-corrected chi connectivity index (χ1v) is 8.30. The number of carbonyl (C=O) groups is 1.